The van der Waals surface area contributed by atoms with E-state index in [2.05, 4.69) is 52.5 Å². The van der Waals surface area contributed by atoms with Crippen LogP contribution in [0, 0.1) is 0 Å². The van der Waals surface area contributed by atoms with E-state index in [1.807, 2.05) is 24.3 Å². The molecule has 2 aromatic rings. The molecule has 0 aliphatic rings. The second kappa shape index (κ2) is 29.0. The highest BCUT2D eigenvalue weighted by atomic mass is 16.3. The van der Waals surface area contributed by atoms with E-state index in [0.717, 1.165) is 23.4 Å². The molecule has 26 nitrogen and oxygen atoms in total. The molecular formula is C41H66N14O12. The molecular weight excluding hydrogens is 881 g/mol. The van der Waals surface area contributed by atoms with Crippen LogP contribution in [-0.4, -0.2) is 167 Å². The molecule has 20 N–H and O–H groups in total. The van der Waals surface area contributed by atoms with Crippen molar-refractivity contribution in [3.63, 3.8) is 0 Å². The number of carbonyl (C=O) groups is 9. The third kappa shape index (κ3) is 19.7. The molecule has 67 heavy (non-hydrogen) atoms. The molecule has 0 aliphatic carbocycles. The minimum absolute atomic E-state index is 0.0298. The van der Waals surface area contributed by atoms with Crippen molar-refractivity contribution in [3.05, 3.63) is 36.0 Å². The molecule has 0 saturated heterocycles. The molecule has 0 aliphatic heterocycles. The summed E-state index contributed by atoms with van der Waals surface area (Å²) in [6.07, 6.45) is 0.459. The third-order valence-electron chi connectivity index (χ3n) is 10.1. The lowest BCUT2D eigenvalue weighted by molar-refractivity contribution is -0.136. The average molecular weight is 947 g/mol. The zero-order valence-corrected chi connectivity index (χ0v) is 37.7. The normalized spacial score (nSPS) is 15.0. The number of aldehydes is 1. The number of H-pyrrole nitrogens is 1. The van der Waals surface area contributed by atoms with Crippen molar-refractivity contribution in [1.82, 2.24) is 47.5 Å². The molecule has 2 rings (SSSR count). The van der Waals surface area contributed by atoms with Gasteiger partial charge in [0.1, 0.15) is 42.5 Å². The summed E-state index contributed by atoms with van der Waals surface area (Å²) in [6.45, 7) is 1.76. The van der Waals surface area contributed by atoms with Gasteiger partial charge < -0.3 is 90.6 Å². The highest BCUT2D eigenvalue weighted by Gasteiger charge is 2.33. The van der Waals surface area contributed by atoms with Crippen molar-refractivity contribution in [2.45, 2.75) is 114 Å². The summed E-state index contributed by atoms with van der Waals surface area (Å²) in [5.41, 5.74) is 23.7. The fraction of sp³-hybridized carbons (Fsp3) is 0.561. The van der Waals surface area contributed by atoms with Crippen LogP contribution in [0.25, 0.3) is 10.9 Å². The van der Waals surface area contributed by atoms with E-state index in [4.69, 9.17) is 22.9 Å². The number of carbonyl (C=O) groups excluding carboxylic acids is 9. The Morgan fingerprint density at radius 1 is 0.716 bits per heavy atom. The topological polar surface area (TPSA) is 443 Å². The van der Waals surface area contributed by atoms with E-state index >= 15 is 0 Å². The lowest BCUT2D eigenvalue weighted by atomic mass is 10.1. The van der Waals surface area contributed by atoms with E-state index in [-0.39, 0.29) is 44.7 Å². The van der Waals surface area contributed by atoms with Gasteiger partial charge in [-0.3, -0.25) is 43.3 Å². The molecule has 0 saturated carbocycles. The van der Waals surface area contributed by atoms with Gasteiger partial charge in [-0.25, -0.2) is 0 Å². The quantitative estimate of drug-likeness (QED) is 0.0150. The van der Waals surface area contributed by atoms with E-state index < -0.39 is 121 Å². The molecule has 1 aromatic heterocycles. The van der Waals surface area contributed by atoms with E-state index in [0.29, 0.717) is 19.1 Å². The molecule has 1 aromatic carbocycles. The van der Waals surface area contributed by atoms with Crippen molar-refractivity contribution in [2.75, 3.05) is 32.8 Å². The van der Waals surface area contributed by atoms with Gasteiger partial charge in [-0.1, -0.05) is 18.2 Å². The van der Waals surface area contributed by atoms with Crippen molar-refractivity contribution in [3.8, 4) is 0 Å². The highest BCUT2D eigenvalue weighted by molar-refractivity contribution is 5.97. The predicted molar refractivity (Wildman–Crippen MR) is 243 cm³/mol. The molecule has 372 valence electrons. The molecule has 0 unspecified atom stereocenters. The number of para-hydroxylation sites is 1. The second-order valence-electron chi connectivity index (χ2n) is 15.7. The Morgan fingerprint density at radius 3 is 1.91 bits per heavy atom. The van der Waals surface area contributed by atoms with Crippen molar-refractivity contribution < 1.29 is 58.5 Å². The van der Waals surface area contributed by atoms with Crippen molar-refractivity contribution in [2.24, 2.45) is 27.9 Å². The Bertz CT molecular complexity index is 2030. The largest absolute Gasteiger partial charge is 0.394 e. The number of aliphatic hydroxyl groups excluding tert-OH is 3. The van der Waals surface area contributed by atoms with Gasteiger partial charge in [0.05, 0.1) is 37.9 Å². The lowest BCUT2D eigenvalue weighted by Crippen LogP contribution is -2.61. The van der Waals surface area contributed by atoms with Crippen LogP contribution in [0.5, 0.6) is 0 Å². The minimum Gasteiger partial charge on any atom is -0.394 e. The number of unbranched alkanes of at least 4 members (excludes halogenated alkanes) is 1. The molecule has 8 amide bonds. The highest BCUT2D eigenvalue weighted by Crippen LogP contribution is 2.19. The Labute approximate surface area is 386 Å². The number of aliphatic imine (C=N–C) groups is 1. The summed E-state index contributed by atoms with van der Waals surface area (Å²) >= 11 is 0. The van der Waals surface area contributed by atoms with Crippen LogP contribution in [0.4, 0.5) is 0 Å². The maximum Gasteiger partial charge on any atom is 0.245 e. The summed E-state index contributed by atoms with van der Waals surface area (Å²) in [4.78, 5) is 123. The summed E-state index contributed by atoms with van der Waals surface area (Å²) in [5.74, 6) is -7.43. The van der Waals surface area contributed by atoms with Gasteiger partial charge in [-0.15, -0.1) is 0 Å². The SMILES string of the molecule is C[C@H](NC(=O)[C@@H](N)[C@@H](C)O)C(=O)N[C@@H](CCCN=C(N)N)C(=O)N[C@@H](CCCCN)C(=O)N[C@@H](CO)C(=O)N[C@H](C(=O)NCC(=O)NCC(=O)N[C@H](C=O)Cc1c[nH]c2ccccc12)[C@@H](C)O. The van der Waals surface area contributed by atoms with Crippen LogP contribution < -0.4 is 65.5 Å². The Morgan fingerprint density at radius 2 is 1.31 bits per heavy atom. The molecule has 0 radical (unpaired) electrons. The molecule has 0 fully saturated rings. The number of guanidine groups is 1. The average Bonchev–Trinajstić information content (AvgIpc) is 3.70. The van der Waals surface area contributed by atoms with E-state index in [9.17, 15) is 58.5 Å². The number of amides is 8. The van der Waals surface area contributed by atoms with Crippen LogP contribution in [0.1, 0.15) is 58.4 Å². The van der Waals surface area contributed by atoms with Crippen molar-refractivity contribution >= 4 is 70.4 Å². The first kappa shape index (κ1) is 56.4. The first-order valence-corrected chi connectivity index (χ1v) is 21.6. The number of aromatic amines is 1. The Balaban J connectivity index is 2.06. The van der Waals surface area contributed by atoms with Crippen LogP contribution >= 0.6 is 0 Å². The van der Waals surface area contributed by atoms with Crippen LogP contribution in [0.3, 0.4) is 0 Å². The minimum atomic E-state index is -1.74. The predicted octanol–water partition coefficient (Wildman–Crippen LogP) is -6.67. The van der Waals surface area contributed by atoms with E-state index in [1.54, 1.807) is 6.20 Å². The number of hydrogen-bond acceptors (Lipinski definition) is 15. The third-order valence-corrected chi connectivity index (χ3v) is 10.1. The van der Waals surface area contributed by atoms with Crippen LogP contribution in [0.15, 0.2) is 35.5 Å². The molecule has 1 heterocycles. The maximum atomic E-state index is 13.7. The maximum absolute atomic E-state index is 13.7. The van der Waals surface area contributed by atoms with Crippen LogP contribution in [-0.2, 0) is 49.6 Å². The number of rotatable bonds is 30. The fourth-order valence-corrected chi connectivity index (χ4v) is 6.27. The molecule has 0 bridgehead atoms. The van der Waals surface area contributed by atoms with E-state index in [1.165, 1.54) is 13.8 Å². The van der Waals surface area contributed by atoms with Gasteiger partial charge in [-0.05, 0) is 71.0 Å². The number of fused-ring (bicyclic) bond motifs is 1. The number of nitrogens with two attached hydrogens (primary N) is 4. The Kier molecular flexibility index (Phi) is 24.4. The van der Waals surface area contributed by atoms with Crippen molar-refractivity contribution in [1.29, 1.82) is 0 Å². The number of aliphatic hydroxyl groups is 3. The monoisotopic (exact) mass is 946 g/mol. The van der Waals surface area contributed by atoms with Gasteiger partial charge in [0.2, 0.25) is 47.3 Å². The van der Waals surface area contributed by atoms with Gasteiger partial charge in [0.25, 0.3) is 0 Å². The van der Waals surface area contributed by atoms with Gasteiger partial charge in [0.15, 0.2) is 5.96 Å². The number of aromatic nitrogens is 1. The van der Waals surface area contributed by atoms with Gasteiger partial charge in [-0.2, -0.15) is 0 Å². The number of nitrogens with one attached hydrogen (secondary N) is 9. The fourth-order valence-electron chi connectivity index (χ4n) is 6.27. The number of benzene rings is 1. The number of hydrogen-bond donors (Lipinski definition) is 16. The number of nitrogens with zero attached hydrogens (tertiary/aromatic N) is 1. The zero-order valence-electron chi connectivity index (χ0n) is 37.7. The van der Waals surface area contributed by atoms with Gasteiger partial charge in [0, 0.05) is 30.1 Å². The first-order valence-electron chi connectivity index (χ1n) is 21.6. The summed E-state index contributed by atoms with van der Waals surface area (Å²) < 4.78 is 0. The first-order chi connectivity index (χ1) is 31.7. The van der Waals surface area contributed by atoms with Crippen LogP contribution in [0.2, 0.25) is 0 Å². The van der Waals surface area contributed by atoms with Gasteiger partial charge >= 0.3 is 0 Å². The summed E-state index contributed by atoms with van der Waals surface area (Å²) in [6, 6.07) is -2.24. The summed E-state index contributed by atoms with van der Waals surface area (Å²) in [7, 11) is 0. The Hall–Kier alpha value is -6.74. The lowest BCUT2D eigenvalue weighted by Gasteiger charge is -2.27. The second-order valence-corrected chi connectivity index (χ2v) is 15.7. The standard InChI is InChI=1S/C41H66N14O12/c1-21(50-39(66)33(43)22(2)58)35(62)52-29(12-8-14-46-41(44)45)36(63)53-28(11-6-7-13-42)37(64)54-30(20-57)38(65)55-34(23(3)59)40(67)49-17-31(60)48-18-32(61)51-25(19-56)15-24-16-47-27-10-5-4-9-26(24)27/h4-5,9-10,16,19,21-23,25,28-30,33-34,47,57-59H,6-8,11-15,17-18,20,42-43H2,1-3H3,(H,48,60)(H,49,67)(H,50,66)(H,51,61)(H,52,62)(H,53,63)(H,54,64)(H,55,65)(H4,44,45,46)/t21-,22+,23+,25-,28-,29-,30-,33-,34-/m0/s1. The molecule has 9 atom stereocenters. The zero-order chi connectivity index (χ0) is 50.2. The smallest absolute Gasteiger partial charge is 0.245 e. The molecule has 26 heteroatoms. The summed E-state index contributed by atoms with van der Waals surface area (Å²) in [5, 5.41) is 49.9. The molecule has 0 spiro atoms.